The molecule has 2 heterocycles. The van der Waals surface area contributed by atoms with Crippen LogP contribution in [0.1, 0.15) is 89.4 Å². The van der Waals surface area contributed by atoms with E-state index in [1.54, 1.807) is 13.8 Å². The smallest absolute Gasteiger partial charge is 0.303 e. The van der Waals surface area contributed by atoms with Gasteiger partial charge in [-0.3, -0.25) is 9.59 Å². The van der Waals surface area contributed by atoms with E-state index in [0.29, 0.717) is 24.2 Å². The average Bonchev–Trinajstić information content (AvgIpc) is 2.91. The van der Waals surface area contributed by atoms with E-state index in [-0.39, 0.29) is 29.9 Å². The fourth-order valence-electron chi connectivity index (χ4n) is 5.17. The van der Waals surface area contributed by atoms with Gasteiger partial charge in [0.2, 0.25) is 0 Å². The molecule has 2 saturated carbocycles. The van der Waals surface area contributed by atoms with Gasteiger partial charge in [0.1, 0.15) is 0 Å². The Morgan fingerprint density at radius 1 is 0.763 bits per heavy atom. The third-order valence-electron chi connectivity index (χ3n) is 7.44. The fraction of sp³-hybridized carbons (Fsp3) is 0.714. The van der Waals surface area contributed by atoms with Gasteiger partial charge in [0.25, 0.3) is 0 Å². The van der Waals surface area contributed by atoms with Crippen LogP contribution in [0.4, 0.5) is 0 Å². The molecule has 1 aromatic heterocycles. The second-order valence-corrected chi connectivity index (χ2v) is 10.1. The Bertz CT molecular complexity index is 766. The third kappa shape index (κ3) is 12.5. The van der Waals surface area contributed by atoms with Gasteiger partial charge in [-0.25, -0.2) is 0 Å². The molecule has 6 N–H and O–H groups in total. The molecular weight excluding hydrogens is 525 g/mol. The van der Waals surface area contributed by atoms with Crippen molar-refractivity contribution in [1.82, 2.24) is 21.3 Å². The van der Waals surface area contributed by atoms with Crippen molar-refractivity contribution in [2.24, 2.45) is 0 Å². The van der Waals surface area contributed by atoms with Crippen molar-refractivity contribution in [3.63, 3.8) is 0 Å². The van der Waals surface area contributed by atoms with Crippen LogP contribution < -0.4 is 25.8 Å². The molecular formula is C28H49MnN5O4. The van der Waals surface area contributed by atoms with Crippen molar-refractivity contribution in [3.8, 4) is 0 Å². The molecule has 1 aliphatic heterocycles. The number of pyridine rings is 1. The van der Waals surface area contributed by atoms with Crippen LogP contribution in [0.15, 0.2) is 18.2 Å². The van der Waals surface area contributed by atoms with Gasteiger partial charge in [-0.05, 0) is 25.7 Å². The first kappa shape index (κ1) is 34.3. The van der Waals surface area contributed by atoms with Crippen LogP contribution in [0.5, 0.6) is 0 Å². The Labute approximate surface area is 239 Å². The number of hydrogen-bond donors (Lipinski definition) is 6. The van der Waals surface area contributed by atoms with E-state index < -0.39 is 11.9 Å². The predicted molar refractivity (Wildman–Crippen MR) is 145 cm³/mol. The number of fused-ring (bicyclic) bond motifs is 4. The quantitative estimate of drug-likeness (QED) is 0.181. The molecule has 0 unspecified atom stereocenters. The minimum absolute atomic E-state index is 0. The summed E-state index contributed by atoms with van der Waals surface area (Å²) >= 11 is 0. The van der Waals surface area contributed by atoms with Gasteiger partial charge < -0.3 is 36.0 Å². The number of aromatic nitrogens is 1. The maximum absolute atomic E-state index is 9.37. The molecule has 0 amide bonds. The monoisotopic (exact) mass is 574 g/mol. The van der Waals surface area contributed by atoms with E-state index in [4.69, 9.17) is 10.2 Å². The van der Waals surface area contributed by atoms with Gasteiger partial charge >= 0.3 is 11.9 Å². The largest absolute Gasteiger partial charge is 0.481 e. The average molecular weight is 575 g/mol. The minimum Gasteiger partial charge on any atom is -0.481 e. The summed E-state index contributed by atoms with van der Waals surface area (Å²) in [4.78, 5) is 18.7. The van der Waals surface area contributed by atoms with Crippen molar-refractivity contribution < 1.29 is 41.4 Å². The summed E-state index contributed by atoms with van der Waals surface area (Å²) < 4.78 is 2.14. The van der Waals surface area contributed by atoms with E-state index in [9.17, 15) is 9.59 Å². The van der Waals surface area contributed by atoms with Crippen molar-refractivity contribution in [1.29, 1.82) is 0 Å². The molecule has 0 saturated heterocycles. The van der Waals surface area contributed by atoms with Crippen LogP contribution in [0.2, 0.25) is 0 Å². The Morgan fingerprint density at radius 3 is 1.39 bits per heavy atom. The van der Waals surface area contributed by atoms with E-state index in [1.165, 1.54) is 62.8 Å². The Balaban J connectivity index is 0.000000564. The molecule has 2 fully saturated rings. The molecule has 2 aliphatic carbocycles. The first-order valence-corrected chi connectivity index (χ1v) is 14.1. The molecule has 4 rings (SSSR count). The standard InChI is InChI=1S/C22H37N5.2C3H6O2.Mn/c1-27-17-7-6-8-18(27)16-26-22-12-5-3-10-20(22)24-14-13-23-19-9-2-4-11-21(19)25-15-17;2*1-2-3(4)5;/h6-8,19-26H,1-5,9-16H2;2*2H2,1H3,(H,4,5);/t19-,20-,21-,22-;;;/m0.../s1. The zero-order valence-corrected chi connectivity index (χ0v) is 24.4. The molecule has 3 aliphatic rings. The number of nitrogens with one attached hydrogen (secondary N) is 4. The molecule has 4 atom stereocenters. The first-order valence-electron chi connectivity index (χ1n) is 14.1. The van der Waals surface area contributed by atoms with Crippen molar-refractivity contribution >= 4 is 11.9 Å². The molecule has 0 spiro atoms. The van der Waals surface area contributed by atoms with Crippen LogP contribution in [0.25, 0.3) is 0 Å². The Hall–Kier alpha value is -1.68. The molecule has 1 aromatic rings. The van der Waals surface area contributed by atoms with Gasteiger partial charge in [0, 0.05) is 87.3 Å². The second kappa shape index (κ2) is 19.4. The number of nitrogens with zero attached hydrogens (tertiary/aromatic N) is 1. The second-order valence-electron chi connectivity index (χ2n) is 10.1. The minimum atomic E-state index is -0.745. The SMILES string of the molecule is CCC(=O)O.CCC(=O)O.[CH2-][n+]1c2cccc1CN[C@H]1CCCC[C@@H]1NCCN[C@H]1CCCC[C@@H]1NC2.[Mn]. The van der Waals surface area contributed by atoms with Crippen LogP contribution in [-0.2, 0) is 39.7 Å². The summed E-state index contributed by atoms with van der Waals surface area (Å²) in [7, 11) is 4.34. The third-order valence-corrected chi connectivity index (χ3v) is 7.44. The maximum atomic E-state index is 9.37. The maximum Gasteiger partial charge on any atom is 0.303 e. The fourth-order valence-corrected chi connectivity index (χ4v) is 5.17. The van der Waals surface area contributed by atoms with Gasteiger partial charge in [-0.1, -0.05) is 57.7 Å². The van der Waals surface area contributed by atoms with Crippen LogP contribution in [-0.4, -0.2) is 59.4 Å². The Morgan fingerprint density at radius 2 is 1.08 bits per heavy atom. The van der Waals surface area contributed by atoms with Gasteiger partial charge in [-0.15, -0.1) is 0 Å². The summed E-state index contributed by atoms with van der Waals surface area (Å²) in [6, 6.07) is 8.90. The van der Waals surface area contributed by atoms with Crippen LogP contribution >= 0.6 is 0 Å². The summed E-state index contributed by atoms with van der Waals surface area (Å²) in [5.41, 5.74) is 2.54. The number of rotatable bonds is 2. The zero-order chi connectivity index (χ0) is 27.0. The van der Waals surface area contributed by atoms with Gasteiger partial charge in [0.15, 0.2) is 0 Å². The molecule has 9 nitrogen and oxygen atoms in total. The van der Waals surface area contributed by atoms with Crippen molar-refractivity contribution in [2.45, 2.75) is 115 Å². The van der Waals surface area contributed by atoms with Crippen LogP contribution in [0.3, 0.4) is 0 Å². The summed E-state index contributed by atoms with van der Waals surface area (Å²) in [6.07, 6.45) is 10.9. The van der Waals surface area contributed by atoms with Gasteiger partial charge in [-0.2, -0.15) is 0 Å². The molecule has 0 aromatic carbocycles. The number of aliphatic carboxylic acids is 2. The summed E-state index contributed by atoms with van der Waals surface area (Å²) in [6.45, 7) is 7.12. The number of hydrogen-bond acceptors (Lipinski definition) is 6. The number of carbonyl (C=O) groups is 2. The normalized spacial score (nSPS) is 25.5. The summed E-state index contributed by atoms with van der Waals surface area (Å²) in [5.74, 6) is -1.49. The van der Waals surface area contributed by atoms with E-state index in [0.717, 1.165) is 26.2 Å². The van der Waals surface area contributed by atoms with E-state index in [2.05, 4.69) is 51.1 Å². The molecule has 217 valence electrons. The van der Waals surface area contributed by atoms with Crippen LogP contribution in [0, 0.1) is 7.05 Å². The zero-order valence-electron chi connectivity index (χ0n) is 23.2. The van der Waals surface area contributed by atoms with Crippen molar-refractivity contribution in [2.75, 3.05) is 13.1 Å². The van der Waals surface area contributed by atoms with Crippen molar-refractivity contribution in [3.05, 3.63) is 36.6 Å². The molecule has 1 radical (unpaired) electrons. The van der Waals surface area contributed by atoms with E-state index >= 15 is 0 Å². The number of carboxylic acids is 2. The van der Waals surface area contributed by atoms with Gasteiger partial charge in [0.05, 0.1) is 11.4 Å². The Kier molecular flexibility index (Phi) is 17.5. The van der Waals surface area contributed by atoms with E-state index in [1.807, 2.05) is 0 Å². The molecule has 2 bridgehead atoms. The topological polar surface area (TPSA) is 127 Å². The molecule has 38 heavy (non-hydrogen) atoms. The molecule has 10 heteroatoms. The first-order chi connectivity index (χ1) is 17.8. The number of carboxylic acid groups (broad SMARTS) is 2. The predicted octanol–water partition coefficient (Wildman–Crippen LogP) is 2.57. The summed E-state index contributed by atoms with van der Waals surface area (Å²) in [5, 5.41) is 30.8.